The Labute approximate surface area is 203 Å². The van der Waals surface area contributed by atoms with Crippen molar-refractivity contribution in [3.05, 3.63) is 89.4 Å². The van der Waals surface area contributed by atoms with Crippen molar-refractivity contribution in [2.75, 3.05) is 37.6 Å². The van der Waals surface area contributed by atoms with Crippen molar-refractivity contribution >= 4 is 34.7 Å². The molecule has 0 unspecified atom stereocenters. The number of hydrazone groups is 1. The number of hydrogen-bond acceptors (Lipinski definition) is 6. The van der Waals surface area contributed by atoms with Crippen LogP contribution in [0, 0.1) is 0 Å². The van der Waals surface area contributed by atoms with E-state index in [2.05, 4.69) is 42.7 Å². The highest BCUT2D eigenvalue weighted by atomic mass is 35.5. The summed E-state index contributed by atoms with van der Waals surface area (Å²) < 4.78 is 0. The van der Waals surface area contributed by atoms with Crippen LogP contribution in [0.2, 0.25) is 5.02 Å². The molecule has 2 N–H and O–H groups in total. The number of amidine groups is 1. The van der Waals surface area contributed by atoms with Crippen molar-refractivity contribution < 1.29 is 9.90 Å². The maximum absolute atomic E-state index is 12.6. The van der Waals surface area contributed by atoms with Gasteiger partial charge in [0.25, 0.3) is 5.91 Å². The average molecular weight is 477 g/mol. The Bertz CT molecular complexity index is 1160. The Balaban J connectivity index is 1.39. The third kappa shape index (κ3) is 6.40. The number of benzene rings is 3. The fraction of sp³-hybridized carbons (Fsp3) is 0.200. The van der Waals surface area contributed by atoms with E-state index >= 15 is 0 Å². The van der Waals surface area contributed by atoms with Gasteiger partial charge in [0.15, 0.2) is 0 Å². The van der Waals surface area contributed by atoms with E-state index in [-0.39, 0.29) is 24.0 Å². The van der Waals surface area contributed by atoms with E-state index in [1.54, 1.807) is 42.5 Å². The Kier molecular flexibility index (Phi) is 7.85. The molecule has 0 spiro atoms. The van der Waals surface area contributed by atoms with Gasteiger partial charge in [0, 0.05) is 36.9 Å². The summed E-state index contributed by atoms with van der Waals surface area (Å²) in [6.07, 6.45) is 0. The minimum atomic E-state index is -0.261. The molecule has 174 valence electrons. The van der Waals surface area contributed by atoms with Crippen molar-refractivity contribution in [2.45, 2.75) is 0 Å². The number of phenolic OH excluding ortho intramolecular Hbond substituents is 1. The Morgan fingerprint density at radius 3 is 2.29 bits per heavy atom. The van der Waals surface area contributed by atoms with E-state index in [1.165, 1.54) is 11.8 Å². The minimum absolute atomic E-state index is 0.0115. The van der Waals surface area contributed by atoms with Gasteiger partial charge in [-0.2, -0.15) is 5.10 Å². The van der Waals surface area contributed by atoms with Crippen LogP contribution in [-0.2, 0) is 4.79 Å². The second-order valence-electron chi connectivity index (χ2n) is 7.76. The third-order valence-corrected chi connectivity index (χ3v) is 5.63. The molecule has 1 amide bonds. The predicted molar refractivity (Wildman–Crippen MR) is 134 cm³/mol. The summed E-state index contributed by atoms with van der Waals surface area (Å²) in [4.78, 5) is 17.0. The highest BCUT2D eigenvalue weighted by molar-refractivity contribution is 6.30. The standard InChI is InChI=1S/C25H25ClN6O2/c26-19-10-12-20(13-11-19)27-29-25(22-8-4-5-9-23(22)33)30-28-24(34)18-31-14-16-32(17-15-31)21-6-2-1-3-7-21/h1-13,33H,14-18H2,(H,28,34)/b29-27?,30-25-. The van der Waals surface area contributed by atoms with E-state index in [9.17, 15) is 9.90 Å². The van der Waals surface area contributed by atoms with Gasteiger partial charge in [-0.25, -0.2) is 5.43 Å². The van der Waals surface area contributed by atoms with Crippen LogP contribution in [0.15, 0.2) is 94.2 Å². The number of piperazine rings is 1. The molecule has 0 bridgehead atoms. The second kappa shape index (κ2) is 11.4. The van der Waals surface area contributed by atoms with E-state index in [0.29, 0.717) is 16.3 Å². The molecule has 4 rings (SSSR count). The zero-order valence-corrected chi connectivity index (χ0v) is 19.3. The van der Waals surface area contributed by atoms with Crippen molar-refractivity contribution in [1.29, 1.82) is 0 Å². The molecule has 34 heavy (non-hydrogen) atoms. The topological polar surface area (TPSA) is 92.9 Å². The van der Waals surface area contributed by atoms with E-state index < -0.39 is 0 Å². The Hall–Kier alpha value is -3.75. The van der Waals surface area contributed by atoms with E-state index in [4.69, 9.17) is 11.6 Å². The van der Waals surface area contributed by atoms with Gasteiger partial charge in [-0.05, 0) is 48.5 Å². The molecule has 1 fully saturated rings. The summed E-state index contributed by atoms with van der Waals surface area (Å²) in [6.45, 7) is 3.45. The number of para-hydroxylation sites is 2. The molecule has 1 saturated heterocycles. The molecule has 0 atom stereocenters. The van der Waals surface area contributed by atoms with Gasteiger partial charge in [0.05, 0.1) is 17.8 Å². The van der Waals surface area contributed by atoms with Crippen LogP contribution >= 0.6 is 11.6 Å². The largest absolute Gasteiger partial charge is 0.507 e. The lowest BCUT2D eigenvalue weighted by molar-refractivity contribution is -0.122. The summed E-state index contributed by atoms with van der Waals surface area (Å²) in [5, 5.41) is 23.3. The average Bonchev–Trinajstić information content (AvgIpc) is 2.87. The van der Waals surface area contributed by atoms with Gasteiger partial charge >= 0.3 is 0 Å². The number of carbonyl (C=O) groups is 1. The lowest BCUT2D eigenvalue weighted by Crippen LogP contribution is -2.49. The molecule has 0 aromatic heterocycles. The van der Waals surface area contributed by atoms with Crippen LogP contribution in [0.4, 0.5) is 11.4 Å². The zero-order valence-electron chi connectivity index (χ0n) is 18.5. The Morgan fingerprint density at radius 1 is 0.912 bits per heavy atom. The summed E-state index contributed by atoms with van der Waals surface area (Å²) in [5.41, 5.74) is 4.66. The van der Waals surface area contributed by atoms with Crippen molar-refractivity contribution in [1.82, 2.24) is 10.3 Å². The quantitative estimate of drug-likeness (QED) is 0.238. The number of aromatic hydroxyl groups is 1. The van der Waals surface area contributed by atoms with Crippen molar-refractivity contribution in [2.24, 2.45) is 15.3 Å². The van der Waals surface area contributed by atoms with Crippen LogP contribution in [0.3, 0.4) is 0 Å². The second-order valence-corrected chi connectivity index (χ2v) is 8.20. The maximum Gasteiger partial charge on any atom is 0.254 e. The summed E-state index contributed by atoms with van der Waals surface area (Å²) in [6, 6.07) is 23.7. The highest BCUT2D eigenvalue weighted by Gasteiger charge is 2.19. The number of azo groups is 1. The summed E-state index contributed by atoms with van der Waals surface area (Å²) >= 11 is 5.91. The molecule has 0 radical (unpaired) electrons. The fourth-order valence-electron chi connectivity index (χ4n) is 3.57. The third-order valence-electron chi connectivity index (χ3n) is 5.38. The number of halogens is 1. The molecule has 1 aliphatic heterocycles. The summed E-state index contributed by atoms with van der Waals surface area (Å²) in [5.74, 6) is -0.180. The van der Waals surface area contributed by atoms with Gasteiger partial charge in [-0.3, -0.25) is 9.69 Å². The fourth-order valence-corrected chi connectivity index (χ4v) is 3.69. The molecule has 3 aromatic carbocycles. The number of anilines is 1. The number of amides is 1. The number of rotatable bonds is 6. The van der Waals surface area contributed by atoms with Crippen LogP contribution in [0.1, 0.15) is 5.56 Å². The molecule has 0 saturated carbocycles. The molecule has 1 aliphatic rings. The molecule has 1 heterocycles. The number of nitrogens with one attached hydrogen (secondary N) is 1. The number of phenols is 1. The van der Waals surface area contributed by atoms with Gasteiger partial charge in [-0.15, -0.1) is 10.2 Å². The first kappa shape index (κ1) is 23.4. The lowest BCUT2D eigenvalue weighted by atomic mass is 10.2. The van der Waals surface area contributed by atoms with Crippen molar-refractivity contribution in [3.8, 4) is 5.75 Å². The van der Waals surface area contributed by atoms with E-state index in [0.717, 1.165) is 26.2 Å². The van der Waals surface area contributed by atoms with Crippen LogP contribution in [0.25, 0.3) is 0 Å². The van der Waals surface area contributed by atoms with Gasteiger partial charge in [-0.1, -0.05) is 41.9 Å². The SMILES string of the molecule is O=C(CN1CCN(c2ccccc2)CC1)N/N=C(\N=Nc1ccc(Cl)cc1)c1ccccc1O. The first-order valence-corrected chi connectivity index (χ1v) is 11.3. The number of carbonyl (C=O) groups excluding carboxylic acids is 1. The number of hydrogen-bond donors (Lipinski definition) is 2. The number of nitrogens with zero attached hydrogens (tertiary/aromatic N) is 5. The predicted octanol–water partition coefficient (Wildman–Crippen LogP) is 4.43. The molecule has 3 aromatic rings. The normalized spacial score (nSPS) is 15.0. The first-order valence-electron chi connectivity index (χ1n) is 10.9. The smallest absolute Gasteiger partial charge is 0.254 e. The summed E-state index contributed by atoms with van der Waals surface area (Å²) in [7, 11) is 0. The van der Waals surface area contributed by atoms with Gasteiger partial charge in [0.1, 0.15) is 5.75 Å². The maximum atomic E-state index is 12.6. The molecular weight excluding hydrogens is 452 g/mol. The van der Waals surface area contributed by atoms with Crippen LogP contribution in [0.5, 0.6) is 5.75 Å². The van der Waals surface area contributed by atoms with Gasteiger partial charge in [0.2, 0.25) is 5.84 Å². The minimum Gasteiger partial charge on any atom is -0.507 e. The first-order chi connectivity index (χ1) is 16.6. The molecule has 8 nitrogen and oxygen atoms in total. The van der Waals surface area contributed by atoms with E-state index in [1.807, 2.05) is 18.2 Å². The zero-order chi connectivity index (χ0) is 23.8. The molecule has 0 aliphatic carbocycles. The monoisotopic (exact) mass is 476 g/mol. The lowest BCUT2D eigenvalue weighted by Gasteiger charge is -2.35. The van der Waals surface area contributed by atoms with Crippen LogP contribution in [-0.4, -0.2) is 54.5 Å². The van der Waals surface area contributed by atoms with Crippen LogP contribution < -0.4 is 10.3 Å². The van der Waals surface area contributed by atoms with Gasteiger partial charge < -0.3 is 10.0 Å². The van der Waals surface area contributed by atoms with Crippen molar-refractivity contribution in [3.63, 3.8) is 0 Å². The Morgan fingerprint density at radius 2 is 1.59 bits per heavy atom. The highest BCUT2D eigenvalue weighted by Crippen LogP contribution is 2.20. The molecule has 9 heteroatoms. The molecular formula is C25H25ClN6O2.